The standard InChI is InChI=1S/C31H27N2S.C19H26GeN.Ir/c1-19(2)22-11-9-12-23(20(3)4)30(22)33-27-14-7-6-13-26(27)32-31(33)21-16-17-29-25(18-21)24-10-5-8-15-28(24)34-29;1-14(2)11-17-12-19(16-9-7-15(3)8-10-16)21-13-18(17)20(4,5)6;/h5-15,17-20H,1-4H3;7-9,12-14H,11H2,1-6H3;/q2*-1;/i;3D3,7D,8D,11D2;. The van der Waals surface area contributed by atoms with E-state index in [1.54, 1.807) is 12.3 Å². The first-order chi connectivity index (χ1) is 29.1. The summed E-state index contributed by atoms with van der Waals surface area (Å²) in [6.45, 7) is 10.2. The number of hydrogen-bond donors (Lipinski definition) is 0. The third-order valence-electron chi connectivity index (χ3n) is 9.79. The summed E-state index contributed by atoms with van der Waals surface area (Å²) in [5.74, 6) is 8.04. The molecule has 0 atom stereocenters. The number of hydrogen-bond acceptors (Lipinski definition) is 3. The van der Waals surface area contributed by atoms with Gasteiger partial charge in [-0.1, -0.05) is 81.6 Å². The fourth-order valence-electron chi connectivity index (χ4n) is 7.12. The zero-order valence-corrected chi connectivity index (χ0v) is 38.9. The predicted octanol–water partition coefficient (Wildman–Crippen LogP) is 13.7. The first-order valence-corrected chi connectivity index (χ1v) is 27.2. The maximum Gasteiger partial charge on any atom is 0 e. The van der Waals surface area contributed by atoms with E-state index in [2.05, 4.69) is 146 Å². The molecule has 0 saturated heterocycles. The van der Waals surface area contributed by atoms with E-state index in [0.717, 1.165) is 26.8 Å². The first kappa shape index (κ1) is 33.1. The van der Waals surface area contributed by atoms with Crippen molar-refractivity contribution in [2.75, 3.05) is 0 Å². The summed E-state index contributed by atoms with van der Waals surface area (Å²) in [6.07, 6.45) is 0.154. The second-order valence-electron chi connectivity index (χ2n) is 16.1. The van der Waals surface area contributed by atoms with Crippen LogP contribution in [-0.2, 0) is 26.5 Å². The molecule has 56 heavy (non-hydrogen) atoms. The molecule has 0 fully saturated rings. The number of para-hydroxylation sites is 3. The second-order valence-corrected chi connectivity index (χ2v) is 27.7. The minimum absolute atomic E-state index is 0. The Hall–Kier alpha value is -3.87. The summed E-state index contributed by atoms with van der Waals surface area (Å²) >= 11 is -0.593. The maximum atomic E-state index is 8.61. The second kappa shape index (κ2) is 17.3. The van der Waals surface area contributed by atoms with Crippen LogP contribution in [0.4, 0.5) is 0 Å². The van der Waals surface area contributed by atoms with E-state index in [4.69, 9.17) is 14.6 Å². The Balaban J connectivity index is 0.000000211. The Morgan fingerprint density at radius 2 is 1.54 bits per heavy atom. The molecule has 6 heteroatoms. The molecule has 3 aromatic heterocycles. The van der Waals surface area contributed by atoms with Crippen molar-refractivity contribution in [1.82, 2.24) is 14.5 Å². The molecule has 0 aliphatic carbocycles. The average Bonchev–Trinajstić information content (AvgIpc) is 3.77. The van der Waals surface area contributed by atoms with E-state index < -0.39 is 26.5 Å². The van der Waals surface area contributed by atoms with Crippen molar-refractivity contribution in [2.45, 2.75) is 83.9 Å². The molecule has 289 valence electrons. The zero-order chi connectivity index (χ0) is 45.1. The van der Waals surface area contributed by atoms with Gasteiger partial charge in [0, 0.05) is 30.5 Å². The SMILES string of the molecule is CC(C)c1cccc(C(C)C)c1-n1c(-c2[c-]cc3sc4ccccc4c3c2)nc2ccccc21.[2H]c1[c-]c(-c2cc(C([2H])([2H])C(C)C)[c]([Ge]([CH3])([CH3])[CH3])cn2)cc([2H])c1C([2H])([2H])[2H].[Ir]. The molecule has 1 radical (unpaired) electrons. The molecule has 0 unspecified atom stereocenters. The van der Waals surface area contributed by atoms with Crippen LogP contribution in [0.15, 0.2) is 109 Å². The smallest absolute Gasteiger partial charge is 0 e. The van der Waals surface area contributed by atoms with Gasteiger partial charge in [-0.15, -0.1) is 23.8 Å². The maximum absolute atomic E-state index is 8.61. The van der Waals surface area contributed by atoms with Gasteiger partial charge in [0.2, 0.25) is 0 Å². The van der Waals surface area contributed by atoms with Crippen LogP contribution in [0.5, 0.6) is 0 Å². The largest absolute Gasteiger partial charge is 0 e. The molecular weight excluding hydrogens is 939 g/mol. The van der Waals surface area contributed by atoms with Crippen LogP contribution in [0.25, 0.3) is 59.5 Å². The van der Waals surface area contributed by atoms with Crippen molar-refractivity contribution in [2.24, 2.45) is 5.92 Å². The van der Waals surface area contributed by atoms with E-state index in [1.807, 2.05) is 25.2 Å². The number of imidazole rings is 1. The molecular formula is C50H53GeIrN3S-2. The molecule has 0 bridgehead atoms. The van der Waals surface area contributed by atoms with Gasteiger partial charge in [0.05, 0.1) is 16.9 Å². The van der Waals surface area contributed by atoms with Gasteiger partial charge in [0.25, 0.3) is 0 Å². The van der Waals surface area contributed by atoms with Gasteiger partial charge in [0.15, 0.2) is 0 Å². The van der Waals surface area contributed by atoms with Crippen molar-refractivity contribution in [3.05, 3.63) is 144 Å². The summed E-state index contributed by atoms with van der Waals surface area (Å²) in [5.41, 5.74) is 8.11. The van der Waals surface area contributed by atoms with Crippen LogP contribution < -0.4 is 4.40 Å². The van der Waals surface area contributed by atoms with Crippen molar-refractivity contribution in [3.8, 4) is 28.3 Å². The normalized spacial score (nSPS) is 14.1. The fraction of sp³-hybridized carbons (Fsp3) is 0.280. The van der Waals surface area contributed by atoms with Gasteiger partial charge in [-0.3, -0.25) is 4.98 Å². The van der Waals surface area contributed by atoms with Gasteiger partial charge < -0.3 is 4.57 Å². The predicted molar refractivity (Wildman–Crippen MR) is 241 cm³/mol. The number of thiophene rings is 1. The number of pyridine rings is 1. The Morgan fingerprint density at radius 3 is 2.21 bits per heavy atom. The number of aromatic nitrogens is 3. The Bertz CT molecular complexity index is 2900. The van der Waals surface area contributed by atoms with Crippen LogP contribution in [-0.4, -0.2) is 27.8 Å². The zero-order valence-electron chi connectivity index (χ0n) is 40.6. The Kier molecular flexibility index (Phi) is 10.3. The minimum Gasteiger partial charge on any atom is 0 e. The summed E-state index contributed by atoms with van der Waals surface area (Å²) in [7, 11) is 0. The van der Waals surface area contributed by atoms with E-state index >= 15 is 0 Å². The van der Waals surface area contributed by atoms with E-state index in [0.29, 0.717) is 28.7 Å². The monoisotopic (exact) mass is 1000 g/mol. The van der Waals surface area contributed by atoms with Crippen LogP contribution >= 0.6 is 11.3 Å². The number of benzene rings is 5. The molecule has 3 nitrogen and oxygen atoms in total. The van der Waals surface area contributed by atoms with E-state index in [-0.39, 0.29) is 43.7 Å². The molecule has 8 aromatic rings. The Labute approximate surface area is 364 Å². The van der Waals surface area contributed by atoms with Crippen molar-refractivity contribution < 1.29 is 29.7 Å². The van der Waals surface area contributed by atoms with Gasteiger partial charge in [-0.2, -0.15) is 11.3 Å². The summed E-state index contributed by atoms with van der Waals surface area (Å²) in [4.78, 5) is 9.63. The number of fused-ring (bicyclic) bond motifs is 4. The number of rotatable bonds is 8. The van der Waals surface area contributed by atoms with Gasteiger partial charge in [0.1, 0.15) is 0 Å². The first-order valence-electron chi connectivity index (χ1n) is 22.6. The molecule has 8 rings (SSSR count). The van der Waals surface area contributed by atoms with Crippen LogP contribution in [0, 0.1) is 24.9 Å². The van der Waals surface area contributed by atoms with Crippen molar-refractivity contribution >= 4 is 60.2 Å². The molecule has 0 amide bonds. The number of nitrogens with zero attached hydrogens (tertiary/aromatic N) is 3. The van der Waals surface area contributed by atoms with Crippen molar-refractivity contribution in [3.63, 3.8) is 0 Å². The summed E-state index contributed by atoms with van der Waals surface area (Å²) in [6, 6.07) is 37.0. The minimum atomic E-state index is -2.55. The molecule has 0 saturated carbocycles. The van der Waals surface area contributed by atoms with Gasteiger partial charge >= 0.3 is 141 Å². The third kappa shape index (κ3) is 8.67. The molecule has 3 heterocycles. The molecule has 0 aliphatic heterocycles. The molecule has 0 aliphatic rings. The van der Waals surface area contributed by atoms with E-state index in [9.17, 15) is 0 Å². The molecule has 5 aromatic carbocycles. The quantitative estimate of drug-likeness (QED) is 0.112. The third-order valence-corrected chi connectivity index (χ3v) is 15.2. The van der Waals surface area contributed by atoms with Crippen LogP contribution in [0.2, 0.25) is 17.3 Å². The average molecular weight is 1000 g/mol. The fourth-order valence-corrected chi connectivity index (χ4v) is 11.1. The van der Waals surface area contributed by atoms with Crippen molar-refractivity contribution in [1.29, 1.82) is 0 Å². The van der Waals surface area contributed by atoms with Crippen LogP contribution in [0.3, 0.4) is 0 Å². The Morgan fingerprint density at radius 1 is 0.821 bits per heavy atom. The molecule has 0 spiro atoms. The van der Waals surface area contributed by atoms with Crippen LogP contribution in [0.1, 0.15) is 85.2 Å². The summed E-state index contributed by atoms with van der Waals surface area (Å²) in [5, 5.41) is 2.57. The molecule has 0 N–H and O–H groups in total. The summed E-state index contributed by atoms with van der Waals surface area (Å²) < 4.78 is 61.7. The van der Waals surface area contributed by atoms with Gasteiger partial charge in [-0.25, -0.2) is 0 Å². The topological polar surface area (TPSA) is 30.7 Å². The van der Waals surface area contributed by atoms with Gasteiger partial charge in [-0.05, 0) is 51.2 Å². The van der Waals surface area contributed by atoms with E-state index in [1.165, 1.54) is 43.1 Å².